The first-order chi connectivity index (χ1) is 15.8. The minimum absolute atomic E-state index is 0.0544. The molecule has 0 fully saturated rings. The maximum absolute atomic E-state index is 12.7. The zero-order valence-corrected chi connectivity index (χ0v) is 19.2. The lowest BCUT2D eigenvalue weighted by atomic mass is 10.2. The molecule has 0 spiro atoms. The molecule has 4 rings (SSSR count). The van der Waals surface area contributed by atoms with Crippen molar-refractivity contribution in [3.05, 3.63) is 71.2 Å². The van der Waals surface area contributed by atoms with Crippen LogP contribution in [-0.4, -0.2) is 34.1 Å². The SMILES string of the molecule is Cc1cc(Cl)ccc1OCC(=O)Nc1ccc(NS(=O)(=O)c2ccc3c(c2)OCCO3)cc1. The Morgan fingerprint density at radius 1 is 0.970 bits per heavy atom. The van der Waals surface area contributed by atoms with E-state index < -0.39 is 10.0 Å². The van der Waals surface area contributed by atoms with E-state index in [1.165, 1.54) is 12.1 Å². The molecule has 0 bridgehead atoms. The predicted molar refractivity (Wildman–Crippen MR) is 125 cm³/mol. The highest BCUT2D eigenvalue weighted by molar-refractivity contribution is 7.92. The third-order valence-corrected chi connectivity index (χ3v) is 6.35. The first-order valence-electron chi connectivity index (χ1n) is 10.0. The first kappa shape index (κ1) is 22.8. The number of aryl methyl sites for hydroxylation is 1. The molecule has 0 aliphatic carbocycles. The first-order valence-corrected chi connectivity index (χ1v) is 11.9. The monoisotopic (exact) mass is 488 g/mol. The summed E-state index contributed by atoms with van der Waals surface area (Å²) in [4.78, 5) is 12.2. The molecule has 172 valence electrons. The van der Waals surface area contributed by atoms with Gasteiger partial charge in [-0.3, -0.25) is 9.52 Å². The van der Waals surface area contributed by atoms with Gasteiger partial charge in [0.05, 0.1) is 4.90 Å². The highest BCUT2D eigenvalue weighted by Crippen LogP contribution is 2.32. The molecule has 0 radical (unpaired) electrons. The summed E-state index contributed by atoms with van der Waals surface area (Å²) in [5.74, 6) is 1.11. The molecule has 1 aliphatic rings. The highest BCUT2D eigenvalue weighted by Gasteiger charge is 2.19. The van der Waals surface area contributed by atoms with E-state index in [-0.39, 0.29) is 17.4 Å². The molecule has 1 amide bonds. The average Bonchev–Trinajstić information content (AvgIpc) is 2.79. The molecule has 10 heteroatoms. The molecule has 1 heterocycles. The van der Waals surface area contributed by atoms with E-state index in [1.54, 1.807) is 48.5 Å². The molecule has 33 heavy (non-hydrogen) atoms. The number of rotatable bonds is 7. The van der Waals surface area contributed by atoms with Gasteiger partial charge >= 0.3 is 0 Å². The number of fused-ring (bicyclic) bond motifs is 1. The number of amides is 1. The fraction of sp³-hybridized carbons (Fsp3) is 0.174. The largest absolute Gasteiger partial charge is 0.486 e. The Morgan fingerprint density at radius 3 is 2.39 bits per heavy atom. The standard InChI is InChI=1S/C23H21ClN2O6S/c1-15-12-16(24)2-8-20(15)32-14-23(27)25-17-3-5-18(6-4-17)26-33(28,29)19-7-9-21-22(13-19)31-11-10-30-21/h2-9,12-13,26H,10-11,14H2,1H3,(H,25,27). The Kier molecular flexibility index (Phi) is 6.62. The van der Waals surface area contributed by atoms with Gasteiger partial charge in [-0.25, -0.2) is 8.42 Å². The maximum atomic E-state index is 12.7. The second-order valence-electron chi connectivity index (χ2n) is 7.23. The zero-order chi connectivity index (χ0) is 23.4. The lowest BCUT2D eigenvalue weighted by molar-refractivity contribution is -0.118. The Hall–Kier alpha value is -3.43. The van der Waals surface area contributed by atoms with Crippen molar-refractivity contribution in [2.24, 2.45) is 0 Å². The number of halogens is 1. The number of hydrogen-bond donors (Lipinski definition) is 2. The zero-order valence-electron chi connectivity index (χ0n) is 17.6. The van der Waals surface area contributed by atoms with Crippen molar-refractivity contribution >= 4 is 38.9 Å². The number of sulfonamides is 1. The lowest BCUT2D eigenvalue weighted by Gasteiger charge is -2.19. The normalized spacial score (nSPS) is 12.7. The molecule has 0 unspecified atom stereocenters. The van der Waals surface area contributed by atoms with Crippen LogP contribution in [0.4, 0.5) is 11.4 Å². The van der Waals surface area contributed by atoms with Crippen LogP contribution in [0.25, 0.3) is 0 Å². The van der Waals surface area contributed by atoms with E-state index >= 15 is 0 Å². The smallest absolute Gasteiger partial charge is 0.262 e. The maximum Gasteiger partial charge on any atom is 0.262 e. The van der Waals surface area contributed by atoms with Crippen molar-refractivity contribution in [2.75, 3.05) is 29.9 Å². The topological polar surface area (TPSA) is 103 Å². The third kappa shape index (κ3) is 5.68. The summed E-state index contributed by atoms with van der Waals surface area (Å²) in [6.07, 6.45) is 0. The van der Waals surface area contributed by atoms with Gasteiger partial charge in [0.25, 0.3) is 15.9 Å². The van der Waals surface area contributed by atoms with E-state index in [0.717, 1.165) is 5.56 Å². The molecular formula is C23H21ClN2O6S. The van der Waals surface area contributed by atoms with Crippen molar-refractivity contribution < 1.29 is 27.4 Å². The molecule has 3 aromatic rings. The molecule has 2 N–H and O–H groups in total. The van der Waals surface area contributed by atoms with Crippen LogP contribution in [0.2, 0.25) is 5.02 Å². The van der Waals surface area contributed by atoms with Crippen molar-refractivity contribution in [3.63, 3.8) is 0 Å². The van der Waals surface area contributed by atoms with Crippen molar-refractivity contribution in [1.82, 2.24) is 0 Å². The Labute approximate surface area is 196 Å². The van der Waals surface area contributed by atoms with Gasteiger partial charge in [0.1, 0.15) is 19.0 Å². The van der Waals surface area contributed by atoms with Gasteiger partial charge < -0.3 is 19.5 Å². The van der Waals surface area contributed by atoms with E-state index in [9.17, 15) is 13.2 Å². The van der Waals surface area contributed by atoms with E-state index in [2.05, 4.69) is 10.0 Å². The number of benzene rings is 3. The highest BCUT2D eigenvalue weighted by atomic mass is 35.5. The number of carbonyl (C=O) groups excluding carboxylic acids is 1. The average molecular weight is 489 g/mol. The molecule has 0 saturated heterocycles. The minimum atomic E-state index is -3.83. The summed E-state index contributed by atoms with van der Waals surface area (Å²) < 4.78 is 44.3. The van der Waals surface area contributed by atoms with E-state index in [1.807, 2.05) is 6.92 Å². The number of carbonyl (C=O) groups is 1. The molecule has 3 aromatic carbocycles. The van der Waals surface area contributed by atoms with Crippen LogP contribution in [0.3, 0.4) is 0 Å². The second-order valence-corrected chi connectivity index (χ2v) is 9.35. The van der Waals surface area contributed by atoms with Crippen LogP contribution in [0.15, 0.2) is 65.6 Å². The van der Waals surface area contributed by atoms with Crippen molar-refractivity contribution in [2.45, 2.75) is 11.8 Å². The van der Waals surface area contributed by atoms with Gasteiger partial charge in [-0.15, -0.1) is 0 Å². The molecule has 1 aliphatic heterocycles. The Bertz CT molecular complexity index is 1280. The molecular weight excluding hydrogens is 468 g/mol. The Morgan fingerprint density at radius 2 is 1.67 bits per heavy atom. The molecule has 0 aromatic heterocycles. The van der Waals surface area contributed by atoms with Gasteiger partial charge in [-0.2, -0.15) is 0 Å². The van der Waals surface area contributed by atoms with Crippen LogP contribution < -0.4 is 24.2 Å². The lowest BCUT2D eigenvalue weighted by Crippen LogP contribution is -2.20. The summed E-state index contributed by atoms with van der Waals surface area (Å²) in [6.45, 7) is 2.44. The number of nitrogens with one attached hydrogen (secondary N) is 2. The molecule has 0 atom stereocenters. The van der Waals surface area contributed by atoms with Gasteiger partial charge in [0.15, 0.2) is 18.1 Å². The third-order valence-electron chi connectivity index (χ3n) is 4.74. The van der Waals surface area contributed by atoms with Crippen molar-refractivity contribution in [3.8, 4) is 17.2 Å². The van der Waals surface area contributed by atoms with Crippen LogP contribution in [0, 0.1) is 6.92 Å². The summed E-state index contributed by atoms with van der Waals surface area (Å²) in [7, 11) is -3.83. The van der Waals surface area contributed by atoms with Crippen molar-refractivity contribution in [1.29, 1.82) is 0 Å². The van der Waals surface area contributed by atoms with Gasteiger partial charge in [0.2, 0.25) is 0 Å². The quantitative estimate of drug-likeness (QED) is 0.515. The number of hydrogen-bond acceptors (Lipinski definition) is 6. The van der Waals surface area contributed by atoms with Crippen LogP contribution >= 0.6 is 11.6 Å². The fourth-order valence-corrected chi connectivity index (χ4v) is 4.44. The summed E-state index contributed by atoms with van der Waals surface area (Å²) >= 11 is 5.91. The van der Waals surface area contributed by atoms with Gasteiger partial charge in [-0.1, -0.05) is 11.6 Å². The second kappa shape index (κ2) is 9.60. The molecule has 0 saturated carbocycles. The number of ether oxygens (including phenoxy) is 3. The Balaban J connectivity index is 1.35. The van der Waals surface area contributed by atoms with Crippen LogP contribution in [0.1, 0.15) is 5.56 Å². The van der Waals surface area contributed by atoms with Gasteiger partial charge in [0, 0.05) is 22.5 Å². The van der Waals surface area contributed by atoms with E-state index in [0.29, 0.717) is 46.9 Å². The summed E-state index contributed by atoms with van der Waals surface area (Å²) in [5.41, 5.74) is 1.67. The van der Waals surface area contributed by atoms with Gasteiger partial charge in [-0.05, 0) is 67.1 Å². The predicted octanol–water partition coefficient (Wildman–Crippen LogP) is 4.24. The summed E-state index contributed by atoms with van der Waals surface area (Å²) in [6, 6.07) is 15.9. The number of anilines is 2. The minimum Gasteiger partial charge on any atom is -0.486 e. The summed E-state index contributed by atoms with van der Waals surface area (Å²) in [5, 5.41) is 3.29. The molecule has 8 nitrogen and oxygen atoms in total. The fourth-order valence-electron chi connectivity index (χ4n) is 3.14. The van der Waals surface area contributed by atoms with Crippen LogP contribution in [-0.2, 0) is 14.8 Å². The van der Waals surface area contributed by atoms with Crippen LogP contribution in [0.5, 0.6) is 17.2 Å². The van der Waals surface area contributed by atoms with E-state index in [4.69, 9.17) is 25.8 Å².